The normalized spacial score (nSPS) is 10.8. The summed E-state index contributed by atoms with van der Waals surface area (Å²) in [4.78, 5) is 15.2. The van der Waals surface area contributed by atoms with Crippen LogP contribution >= 0.6 is 0 Å². The maximum absolute atomic E-state index is 11.4. The lowest BCUT2D eigenvalue weighted by molar-refractivity contribution is -0.120. The minimum Gasteiger partial charge on any atom is -0.355 e. The number of carbonyl (C=O) groups excluding carboxylic acids is 1. The molecular weight excluding hydrogens is 220 g/mol. The Kier molecular flexibility index (Phi) is 6.24. The number of hydrogen-bond donors (Lipinski definition) is 2. The molecule has 1 amide bonds. The molecule has 96 valence electrons. The van der Waals surface area contributed by atoms with Gasteiger partial charge in [0.1, 0.15) is 0 Å². The highest BCUT2D eigenvalue weighted by atomic mass is 16.5. The van der Waals surface area contributed by atoms with Gasteiger partial charge in [0.2, 0.25) is 12.3 Å². The predicted octanol–water partition coefficient (Wildman–Crippen LogP) is 0.364. The van der Waals surface area contributed by atoms with Gasteiger partial charge in [0.05, 0.1) is 6.54 Å². The molecule has 6 nitrogen and oxygen atoms in total. The van der Waals surface area contributed by atoms with E-state index in [0.29, 0.717) is 31.3 Å². The first-order valence-corrected chi connectivity index (χ1v) is 5.91. The van der Waals surface area contributed by atoms with Crippen molar-refractivity contribution in [3.05, 3.63) is 12.2 Å². The number of nitrogens with one attached hydrogen (secondary N) is 2. The Morgan fingerprint density at radius 1 is 1.47 bits per heavy atom. The number of hydrogen-bond acceptors (Lipinski definition) is 5. The molecular formula is C11H20N4O2. The van der Waals surface area contributed by atoms with Crippen molar-refractivity contribution in [1.82, 2.24) is 20.8 Å². The minimum atomic E-state index is 0.0266. The van der Waals surface area contributed by atoms with Crippen LogP contribution in [0.25, 0.3) is 0 Å². The molecule has 0 saturated carbocycles. The van der Waals surface area contributed by atoms with Gasteiger partial charge < -0.3 is 15.2 Å². The van der Waals surface area contributed by atoms with Crippen LogP contribution in [0.5, 0.6) is 0 Å². The van der Waals surface area contributed by atoms with Gasteiger partial charge in [0.15, 0.2) is 5.82 Å². The van der Waals surface area contributed by atoms with Crippen molar-refractivity contribution in [2.24, 2.45) is 5.92 Å². The maximum Gasteiger partial charge on any atom is 0.233 e. The van der Waals surface area contributed by atoms with Crippen LogP contribution in [-0.4, -0.2) is 35.7 Å². The molecule has 0 saturated heterocycles. The fourth-order valence-corrected chi connectivity index (χ4v) is 1.27. The monoisotopic (exact) mass is 240 g/mol. The molecule has 1 aromatic rings. The van der Waals surface area contributed by atoms with Crippen molar-refractivity contribution in [3.8, 4) is 0 Å². The highest BCUT2D eigenvalue weighted by Gasteiger charge is 2.02. The second kappa shape index (κ2) is 7.78. The van der Waals surface area contributed by atoms with Crippen LogP contribution in [0.15, 0.2) is 10.9 Å². The van der Waals surface area contributed by atoms with E-state index in [1.54, 1.807) is 0 Å². The van der Waals surface area contributed by atoms with Crippen molar-refractivity contribution < 1.29 is 9.32 Å². The summed E-state index contributed by atoms with van der Waals surface area (Å²) in [6.07, 6.45) is 2.97. The Hall–Kier alpha value is -1.43. The van der Waals surface area contributed by atoms with Gasteiger partial charge in [-0.2, -0.15) is 4.98 Å². The average Bonchev–Trinajstić information content (AvgIpc) is 2.76. The van der Waals surface area contributed by atoms with E-state index >= 15 is 0 Å². The molecule has 1 heterocycles. The van der Waals surface area contributed by atoms with E-state index in [9.17, 15) is 4.79 Å². The van der Waals surface area contributed by atoms with Gasteiger partial charge in [-0.25, -0.2) is 0 Å². The van der Waals surface area contributed by atoms with E-state index in [1.165, 1.54) is 6.39 Å². The van der Waals surface area contributed by atoms with Gasteiger partial charge >= 0.3 is 0 Å². The molecule has 17 heavy (non-hydrogen) atoms. The van der Waals surface area contributed by atoms with Crippen LogP contribution in [0.2, 0.25) is 0 Å². The van der Waals surface area contributed by atoms with Crippen LogP contribution < -0.4 is 10.6 Å². The summed E-state index contributed by atoms with van der Waals surface area (Å²) in [7, 11) is 0. The van der Waals surface area contributed by atoms with E-state index < -0.39 is 0 Å². The van der Waals surface area contributed by atoms with Crippen LogP contribution in [0.1, 0.15) is 26.1 Å². The summed E-state index contributed by atoms with van der Waals surface area (Å²) >= 11 is 0. The van der Waals surface area contributed by atoms with Crippen LogP contribution in [0, 0.1) is 5.92 Å². The van der Waals surface area contributed by atoms with E-state index in [1.807, 2.05) is 0 Å². The molecule has 0 atom stereocenters. The molecule has 0 aromatic carbocycles. The molecule has 0 aliphatic rings. The number of rotatable bonds is 8. The zero-order valence-corrected chi connectivity index (χ0v) is 10.4. The summed E-state index contributed by atoms with van der Waals surface area (Å²) in [5.41, 5.74) is 0. The zero-order chi connectivity index (χ0) is 12.5. The Morgan fingerprint density at radius 3 is 2.94 bits per heavy atom. The first kappa shape index (κ1) is 13.6. The van der Waals surface area contributed by atoms with Crippen molar-refractivity contribution in [2.45, 2.75) is 26.7 Å². The van der Waals surface area contributed by atoms with Crippen LogP contribution in [0.3, 0.4) is 0 Å². The van der Waals surface area contributed by atoms with Crippen molar-refractivity contribution in [3.63, 3.8) is 0 Å². The van der Waals surface area contributed by atoms with Gasteiger partial charge in [0, 0.05) is 19.5 Å². The highest BCUT2D eigenvalue weighted by molar-refractivity contribution is 5.77. The van der Waals surface area contributed by atoms with Gasteiger partial charge in [-0.3, -0.25) is 4.79 Å². The van der Waals surface area contributed by atoms with Gasteiger partial charge in [-0.1, -0.05) is 19.0 Å². The zero-order valence-electron chi connectivity index (χ0n) is 10.4. The molecule has 0 spiro atoms. The SMILES string of the molecule is CC(C)CCNC(=O)CNCCc1ncon1. The first-order chi connectivity index (χ1) is 8.18. The van der Waals surface area contributed by atoms with E-state index in [0.717, 1.165) is 13.0 Å². The summed E-state index contributed by atoms with van der Waals surface area (Å²) in [5.74, 6) is 1.29. The topological polar surface area (TPSA) is 80.0 Å². The lowest BCUT2D eigenvalue weighted by atomic mass is 10.1. The average molecular weight is 240 g/mol. The number of carbonyl (C=O) groups is 1. The third-order valence-corrected chi connectivity index (χ3v) is 2.26. The van der Waals surface area contributed by atoms with E-state index in [-0.39, 0.29) is 5.91 Å². The van der Waals surface area contributed by atoms with Crippen molar-refractivity contribution in [1.29, 1.82) is 0 Å². The van der Waals surface area contributed by atoms with E-state index in [4.69, 9.17) is 0 Å². The first-order valence-electron chi connectivity index (χ1n) is 5.91. The molecule has 0 aliphatic heterocycles. The Morgan fingerprint density at radius 2 is 2.29 bits per heavy atom. The lowest BCUT2D eigenvalue weighted by Gasteiger charge is -2.07. The fraction of sp³-hybridized carbons (Fsp3) is 0.727. The molecule has 1 rings (SSSR count). The van der Waals surface area contributed by atoms with Crippen LogP contribution in [-0.2, 0) is 11.2 Å². The van der Waals surface area contributed by atoms with E-state index in [2.05, 4.69) is 39.1 Å². The largest absolute Gasteiger partial charge is 0.355 e. The summed E-state index contributed by atoms with van der Waals surface area (Å²) in [6.45, 7) is 6.00. The smallest absolute Gasteiger partial charge is 0.233 e. The molecule has 1 aromatic heterocycles. The quantitative estimate of drug-likeness (QED) is 0.641. The van der Waals surface area contributed by atoms with Crippen LogP contribution in [0.4, 0.5) is 0 Å². The molecule has 6 heteroatoms. The van der Waals surface area contributed by atoms with Gasteiger partial charge in [-0.15, -0.1) is 0 Å². The molecule has 0 radical (unpaired) electrons. The molecule has 0 fully saturated rings. The summed E-state index contributed by atoms with van der Waals surface area (Å²) < 4.78 is 4.60. The van der Waals surface area contributed by atoms with Crippen molar-refractivity contribution in [2.75, 3.05) is 19.6 Å². The highest BCUT2D eigenvalue weighted by Crippen LogP contribution is 1.95. The number of aromatic nitrogens is 2. The second-order valence-corrected chi connectivity index (χ2v) is 4.31. The molecule has 0 aliphatic carbocycles. The Balaban J connectivity index is 1.97. The Bertz CT molecular complexity index is 311. The molecule has 0 bridgehead atoms. The summed E-state index contributed by atoms with van der Waals surface area (Å²) in [5, 5.41) is 9.56. The van der Waals surface area contributed by atoms with Crippen molar-refractivity contribution >= 4 is 5.91 Å². The second-order valence-electron chi connectivity index (χ2n) is 4.31. The third kappa shape index (κ3) is 6.68. The fourth-order valence-electron chi connectivity index (χ4n) is 1.27. The summed E-state index contributed by atoms with van der Waals surface area (Å²) in [6, 6.07) is 0. The number of amides is 1. The minimum absolute atomic E-state index is 0.0266. The van der Waals surface area contributed by atoms with Gasteiger partial charge in [-0.05, 0) is 12.3 Å². The maximum atomic E-state index is 11.4. The van der Waals surface area contributed by atoms with Gasteiger partial charge in [0.25, 0.3) is 0 Å². The third-order valence-electron chi connectivity index (χ3n) is 2.26. The Labute approximate surface area is 101 Å². The predicted molar refractivity (Wildman–Crippen MR) is 63.3 cm³/mol. The number of nitrogens with zero attached hydrogens (tertiary/aromatic N) is 2. The molecule has 0 unspecified atom stereocenters. The standard InChI is InChI=1S/C11H20N4O2/c1-9(2)3-6-13-11(16)7-12-5-4-10-14-8-17-15-10/h8-9,12H,3-7H2,1-2H3,(H,13,16). The molecule has 2 N–H and O–H groups in total. The lowest BCUT2D eigenvalue weighted by Crippen LogP contribution is -2.35.